The second-order valence-corrected chi connectivity index (χ2v) is 7.92. The lowest BCUT2D eigenvalue weighted by molar-refractivity contribution is 0.264. The van der Waals surface area contributed by atoms with Gasteiger partial charge in [0, 0.05) is 30.5 Å². The van der Waals surface area contributed by atoms with E-state index >= 15 is 0 Å². The number of anilines is 2. The van der Waals surface area contributed by atoms with Crippen LogP contribution in [0.25, 0.3) is 0 Å². The monoisotopic (exact) mass is 301 g/mol. The minimum absolute atomic E-state index is 0.520. The van der Waals surface area contributed by atoms with Gasteiger partial charge in [-0.05, 0) is 75.5 Å². The molecule has 1 aromatic carbocycles. The second kappa shape index (κ2) is 6.49. The maximum Gasteiger partial charge on any atom is 0.0367 e. The topological polar surface area (TPSA) is 18.5 Å². The molecule has 2 aliphatic heterocycles. The summed E-state index contributed by atoms with van der Waals surface area (Å²) in [7, 11) is 2.21. The summed E-state index contributed by atoms with van der Waals surface area (Å²) in [4.78, 5) is 4.95. The van der Waals surface area contributed by atoms with Crippen LogP contribution in [0.15, 0.2) is 24.3 Å². The molecule has 122 valence electrons. The number of nitrogens with one attached hydrogen (secondary N) is 1. The maximum absolute atomic E-state index is 3.70. The van der Waals surface area contributed by atoms with E-state index in [9.17, 15) is 0 Å². The van der Waals surface area contributed by atoms with Crippen LogP contribution < -0.4 is 10.2 Å². The van der Waals surface area contributed by atoms with E-state index in [1.807, 2.05) is 0 Å². The lowest BCUT2D eigenvalue weighted by atomic mass is 9.82. The molecular weight excluding hydrogens is 270 g/mol. The molecule has 0 aliphatic carbocycles. The van der Waals surface area contributed by atoms with Gasteiger partial charge in [-0.1, -0.05) is 13.8 Å². The zero-order valence-electron chi connectivity index (χ0n) is 14.4. The van der Waals surface area contributed by atoms with Gasteiger partial charge in [0.25, 0.3) is 0 Å². The van der Waals surface area contributed by atoms with Gasteiger partial charge in [-0.15, -0.1) is 0 Å². The Morgan fingerprint density at radius 3 is 2.14 bits per heavy atom. The molecule has 2 saturated heterocycles. The van der Waals surface area contributed by atoms with Gasteiger partial charge in [-0.25, -0.2) is 0 Å². The van der Waals surface area contributed by atoms with Gasteiger partial charge in [0.2, 0.25) is 0 Å². The predicted molar refractivity (Wildman–Crippen MR) is 95.8 cm³/mol. The first kappa shape index (κ1) is 15.7. The molecule has 0 unspecified atom stereocenters. The Morgan fingerprint density at radius 2 is 1.55 bits per heavy atom. The summed E-state index contributed by atoms with van der Waals surface area (Å²) in [5.41, 5.74) is 3.17. The normalized spacial score (nSPS) is 23.5. The number of piperidine rings is 2. The molecule has 0 bridgehead atoms. The molecule has 0 radical (unpaired) electrons. The lowest BCUT2D eigenvalue weighted by Crippen LogP contribution is -2.37. The molecule has 0 aromatic heterocycles. The molecule has 2 aliphatic rings. The predicted octanol–water partition coefficient (Wildman–Crippen LogP) is 3.82. The smallest absolute Gasteiger partial charge is 0.0367 e. The first-order chi connectivity index (χ1) is 10.5. The van der Waals surface area contributed by atoms with Crippen molar-refractivity contribution in [2.75, 3.05) is 43.4 Å². The number of hydrogen-bond acceptors (Lipinski definition) is 3. The van der Waals surface area contributed by atoms with Crippen molar-refractivity contribution in [3.8, 4) is 0 Å². The Kier molecular flexibility index (Phi) is 4.62. The highest BCUT2D eigenvalue weighted by molar-refractivity contribution is 5.55. The fourth-order valence-corrected chi connectivity index (χ4v) is 3.53. The standard InChI is InChI=1S/C19H31N3/c1-19(2)10-14-22(15-11-19)18-6-4-16(5-7-18)20-17-8-12-21(3)13-9-17/h4-7,17,20H,8-15H2,1-3H3. The summed E-state index contributed by atoms with van der Waals surface area (Å²) < 4.78 is 0. The van der Waals surface area contributed by atoms with Crippen LogP contribution in [0.2, 0.25) is 0 Å². The van der Waals surface area contributed by atoms with Crippen molar-refractivity contribution in [2.24, 2.45) is 5.41 Å². The number of likely N-dealkylation sites (tertiary alicyclic amines) is 1. The minimum Gasteiger partial charge on any atom is -0.382 e. The third-order valence-electron chi connectivity index (χ3n) is 5.44. The zero-order chi connectivity index (χ0) is 15.6. The van der Waals surface area contributed by atoms with Gasteiger partial charge in [0.05, 0.1) is 0 Å². The highest BCUT2D eigenvalue weighted by Gasteiger charge is 2.25. The van der Waals surface area contributed by atoms with Crippen molar-refractivity contribution in [2.45, 2.75) is 45.6 Å². The van der Waals surface area contributed by atoms with Crippen LogP contribution in [-0.2, 0) is 0 Å². The van der Waals surface area contributed by atoms with Crippen molar-refractivity contribution >= 4 is 11.4 Å². The molecule has 1 aromatic rings. The van der Waals surface area contributed by atoms with Crippen LogP contribution in [0, 0.1) is 5.41 Å². The van der Waals surface area contributed by atoms with Gasteiger partial charge >= 0.3 is 0 Å². The van der Waals surface area contributed by atoms with Crippen LogP contribution in [0.4, 0.5) is 11.4 Å². The first-order valence-corrected chi connectivity index (χ1v) is 8.82. The summed E-state index contributed by atoms with van der Waals surface area (Å²) in [6, 6.07) is 9.73. The van der Waals surface area contributed by atoms with Crippen LogP contribution >= 0.6 is 0 Å². The van der Waals surface area contributed by atoms with Crippen molar-refractivity contribution < 1.29 is 0 Å². The second-order valence-electron chi connectivity index (χ2n) is 7.92. The van der Waals surface area contributed by atoms with E-state index in [1.54, 1.807) is 0 Å². The molecule has 3 heteroatoms. The Bertz CT molecular complexity index is 462. The SMILES string of the molecule is CN1CCC(Nc2ccc(N3CCC(C)(C)CC3)cc2)CC1. The van der Waals surface area contributed by atoms with Gasteiger partial charge < -0.3 is 15.1 Å². The molecule has 0 saturated carbocycles. The Balaban J connectivity index is 1.54. The molecule has 22 heavy (non-hydrogen) atoms. The van der Waals surface area contributed by atoms with Gasteiger partial charge in [-0.2, -0.15) is 0 Å². The van der Waals surface area contributed by atoms with Crippen molar-refractivity contribution in [1.29, 1.82) is 0 Å². The summed E-state index contributed by atoms with van der Waals surface area (Å²) in [5, 5.41) is 3.70. The summed E-state index contributed by atoms with van der Waals surface area (Å²) in [5.74, 6) is 0. The molecule has 0 atom stereocenters. The third-order valence-corrected chi connectivity index (χ3v) is 5.44. The Morgan fingerprint density at radius 1 is 0.955 bits per heavy atom. The summed E-state index contributed by atoms with van der Waals surface area (Å²) in [6.45, 7) is 9.57. The number of rotatable bonds is 3. The maximum atomic E-state index is 3.70. The quantitative estimate of drug-likeness (QED) is 0.915. The van der Waals surface area contributed by atoms with Crippen LogP contribution in [0.3, 0.4) is 0 Å². The lowest BCUT2D eigenvalue weighted by Gasteiger charge is -2.38. The molecule has 3 nitrogen and oxygen atoms in total. The minimum atomic E-state index is 0.520. The molecule has 0 amide bonds. The highest BCUT2D eigenvalue weighted by atomic mass is 15.1. The van der Waals surface area contributed by atoms with E-state index in [4.69, 9.17) is 0 Å². The molecule has 3 rings (SSSR count). The summed E-state index contributed by atoms with van der Waals surface area (Å²) >= 11 is 0. The number of nitrogens with zero attached hydrogens (tertiary/aromatic N) is 2. The van der Waals surface area contributed by atoms with Crippen molar-refractivity contribution in [3.05, 3.63) is 24.3 Å². The van der Waals surface area contributed by atoms with Crippen LogP contribution in [0.1, 0.15) is 39.5 Å². The third kappa shape index (κ3) is 3.95. The van der Waals surface area contributed by atoms with E-state index in [2.05, 4.69) is 60.3 Å². The fourth-order valence-electron chi connectivity index (χ4n) is 3.53. The Hall–Kier alpha value is -1.22. The van der Waals surface area contributed by atoms with Crippen molar-refractivity contribution in [1.82, 2.24) is 4.90 Å². The van der Waals surface area contributed by atoms with E-state index in [-0.39, 0.29) is 0 Å². The van der Waals surface area contributed by atoms with E-state index in [0.29, 0.717) is 11.5 Å². The fraction of sp³-hybridized carbons (Fsp3) is 0.684. The van der Waals surface area contributed by atoms with Gasteiger partial charge in [0.15, 0.2) is 0 Å². The van der Waals surface area contributed by atoms with E-state index in [0.717, 1.165) is 0 Å². The summed E-state index contributed by atoms with van der Waals surface area (Å²) in [6.07, 6.45) is 5.09. The van der Waals surface area contributed by atoms with Crippen LogP contribution in [-0.4, -0.2) is 44.2 Å². The largest absolute Gasteiger partial charge is 0.382 e. The number of hydrogen-bond donors (Lipinski definition) is 1. The van der Waals surface area contributed by atoms with Crippen molar-refractivity contribution in [3.63, 3.8) is 0 Å². The van der Waals surface area contributed by atoms with Crippen LogP contribution in [0.5, 0.6) is 0 Å². The Labute approximate surface area is 135 Å². The average Bonchev–Trinajstić information content (AvgIpc) is 2.51. The average molecular weight is 301 g/mol. The first-order valence-electron chi connectivity index (χ1n) is 8.82. The molecule has 2 heterocycles. The molecule has 1 N–H and O–H groups in total. The van der Waals surface area contributed by atoms with Gasteiger partial charge in [0.1, 0.15) is 0 Å². The highest BCUT2D eigenvalue weighted by Crippen LogP contribution is 2.32. The van der Waals surface area contributed by atoms with E-state index < -0.39 is 0 Å². The van der Waals surface area contributed by atoms with Gasteiger partial charge in [-0.3, -0.25) is 0 Å². The molecule has 0 spiro atoms. The van der Waals surface area contributed by atoms with E-state index in [1.165, 1.54) is 63.2 Å². The molecular formula is C19H31N3. The zero-order valence-corrected chi connectivity index (χ0v) is 14.4. The molecule has 2 fully saturated rings. The number of benzene rings is 1.